The molecule has 0 bridgehead atoms. The van der Waals surface area contributed by atoms with Crippen molar-refractivity contribution in [1.29, 1.82) is 0 Å². The molecule has 0 radical (unpaired) electrons. The van der Waals surface area contributed by atoms with Gasteiger partial charge < -0.3 is 4.57 Å². The molecule has 2 aromatic rings. The lowest BCUT2D eigenvalue weighted by Gasteiger charge is -2.32. The van der Waals surface area contributed by atoms with Gasteiger partial charge in [0.25, 0.3) is 0 Å². The van der Waals surface area contributed by atoms with Crippen molar-refractivity contribution in [2.75, 3.05) is 13.1 Å². The molecule has 4 heteroatoms. The quantitative estimate of drug-likeness (QED) is 0.500. The maximum absolute atomic E-state index is 6.05. The zero-order chi connectivity index (χ0) is 21.0. The zero-order valence-electron chi connectivity index (χ0n) is 18.3. The summed E-state index contributed by atoms with van der Waals surface area (Å²) in [6.07, 6.45) is 5.65. The Hall–Kier alpha value is -1.84. The third-order valence-electron chi connectivity index (χ3n) is 5.64. The van der Waals surface area contributed by atoms with Crippen molar-refractivity contribution >= 4 is 23.3 Å². The Bertz CT molecular complexity index is 864. The van der Waals surface area contributed by atoms with Crippen LogP contribution in [0.4, 0.5) is 0 Å². The monoisotopic (exact) mass is 411 g/mol. The van der Waals surface area contributed by atoms with Gasteiger partial charge in [-0.1, -0.05) is 42.8 Å². The molecule has 29 heavy (non-hydrogen) atoms. The highest BCUT2D eigenvalue weighted by Gasteiger charge is 2.23. The van der Waals surface area contributed by atoms with Crippen LogP contribution < -0.4 is 0 Å². The summed E-state index contributed by atoms with van der Waals surface area (Å²) >= 11 is 6.05. The first kappa shape index (κ1) is 21.9. The SMILES string of the molecule is C=C(C)c1c(C=C(C)C)nc(CN2CCC(c3ccc(Cl)cc3)CC2)n1CCC. The Morgan fingerprint density at radius 3 is 2.38 bits per heavy atom. The number of allylic oxidation sites excluding steroid dienone is 2. The third-order valence-corrected chi connectivity index (χ3v) is 5.90. The second-order valence-electron chi connectivity index (χ2n) is 8.52. The van der Waals surface area contributed by atoms with Crippen molar-refractivity contribution in [2.24, 2.45) is 0 Å². The molecule has 1 aliphatic heterocycles. The summed E-state index contributed by atoms with van der Waals surface area (Å²) in [5, 5.41) is 0.814. The summed E-state index contributed by atoms with van der Waals surface area (Å²) in [7, 11) is 0. The van der Waals surface area contributed by atoms with E-state index >= 15 is 0 Å². The van der Waals surface area contributed by atoms with Gasteiger partial charge >= 0.3 is 0 Å². The van der Waals surface area contributed by atoms with Crippen LogP contribution in [0.2, 0.25) is 5.02 Å². The number of hydrogen-bond acceptors (Lipinski definition) is 2. The van der Waals surface area contributed by atoms with Crippen LogP contribution in [-0.4, -0.2) is 27.5 Å². The van der Waals surface area contributed by atoms with Gasteiger partial charge in [-0.15, -0.1) is 0 Å². The molecular weight excluding hydrogens is 378 g/mol. The first-order valence-electron chi connectivity index (χ1n) is 10.8. The molecule has 0 N–H and O–H groups in total. The molecule has 3 nitrogen and oxygen atoms in total. The van der Waals surface area contributed by atoms with E-state index in [1.807, 2.05) is 12.1 Å². The fraction of sp³-hybridized carbons (Fsp3) is 0.480. The van der Waals surface area contributed by atoms with Crippen LogP contribution in [0.1, 0.15) is 75.7 Å². The van der Waals surface area contributed by atoms with Gasteiger partial charge in [0, 0.05) is 11.6 Å². The summed E-state index contributed by atoms with van der Waals surface area (Å²) in [5.74, 6) is 1.80. The molecule has 0 aliphatic carbocycles. The first-order chi connectivity index (χ1) is 13.9. The van der Waals surface area contributed by atoms with Gasteiger partial charge in [-0.05, 0) is 88.4 Å². The molecule has 1 aliphatic rings. The van der Waals surface area contributed by atoms with E-state index in [-0.39, 0.29) is 0 Å². The summed E-state index contributed by atoms with van der Waals surface area (Å²) in [6.45, 7) is 16.9. The van der Waals surface area contributed by atoms with Gasteiger partial charge in [-0.2, -0.15) is 0 Å². The zero-order valence-corrected chi connectivity index (χ0v) is 19.1. The molecule has 2 heterocycles. The lowest BCUT2D eigenvalue weighted by atomic mass is 9.89. The molecule has 0 unspecified atom stereocenters. The van der Waals surface area contributed by atoms with Crippen LogP contribution in [0.3, 0.4) is 0 Å². The molecule has 0 atom stereocenters. The maximum Gasteiger partial charge on any atom is 0.124 e. The standard InChI is InChI=1S/C25H34ClN3/c1-6-13-29-24(27-23(16-18(2)3)25(29)19(4)5)17-28-14-11-21(12-15-28)20-7-9-22(26)10-8-20/h7-10,16,21H,4,6,11-15,17H2,1-3,5H3. The van der Waals surface area contributed by atoms with Crippen molar-refractivity contribution in [3.8, 4) is 0 Å². The number of hydrogen-bond donors (Lipinski definition) is 0. The van der Waals surface area contributed by atoms with Crippen LogP contribution >= 0.6 is 11.6 Å². The van der Waals surface area contributed by atoms with E-state index in [2.05, 4.69) is 61.9 Å². The fourth-order valence-electron chi connectivity index (χ4n) is 4.29. The van der Waals surface area contributed by atoms with Crippen molar-refractivity contribution < 1.29 is 0 Å². The summed E-state index contributed by atoms with van der Waals surface area (Å²) < 4.78 is 2.39. The van der Waals surface area contributed by atoms with Crippen LogP contribution in [0.15, 0.2) is 36.4 Å². The highest BCUT2D eigenvalue weighted by Crippen LogP contribution is 2.30. The largest absolute Gasteiger partial charge is 0.327 e. The van der Waals surface area contributed by atoms with Crippen LogP contribution in [0, 0.1) is 0 Å². The maximum atomic E-state index is 6.05. The van der Waals surface area contributed by atoms with Crippen molar-refractivity contribution in [3.63, 3.8) is 0 Å². The first-order valence-corrected chi connectivity index (χ1v) is 11.1. The minimum absolute atomic E-state index is 0.631. The normalized spacial score (nSPS) is 15.5. The van der Waals surface area contributed by atoms with E-state index in [0.717, 1.165) is 48.9 Å². The van der Waals surface area contributed by atoms with E-state index in [0.29, 0.717) is 5.92 Å². The third kappa shape index (κ3) is 5.40. The van der Waals surface area contributed by atoms with Crippen LogP contribution in [0.5, 0.6) is 0 Å². The highest BCUT2D eigenvalue weighted by molar-refractivity contribution is 6.30. The lowest BCUT2D eigenvalue weighted by Crippen LogP contribution is -2.33. The number of imidazole rings is 1. The molecular formula is C25H34ClN3. The smallest absolute Gasteiger partial charge is 0.124 e. The van der Waals surface area contributed by atoms with Gasteiger partial charge in [-0.3, -0.25) is 4.90 Å². The van der Waals surface area contributed by atoms with Gasteiger partial charge in [0.2, 0.25) is 0 Å². The van der Waals surface area contributed by atoms with Crippen molar-refractivity contribution in [3.05, 3.63) is 64.2 Å². The Morgan fingerprint density at radius 1 is 1.17 bits per heavy atom. The molecule has 0 amide bonds. The van der Waals surface area contributed by atoms with E-state index in [9.17, 15) is 0 Å². The molecule has 1 saturated heterocycles. The second kappa shape index (κ2) is 9.77. The average Bonchev–Trinajstić information content (AvgIpc) is 2.99. The topological polar surface area (TPSA) is 21.1 Å². The Labute approximate surface area is 181 Å². The number of halogens is 1. The Morgan fingerprint density at radius 2 is 1.83 bits per heavy atom. The summed E-state index contributed by atoms with van der Waals surface area (Å²) in [5.41, 5.74) is 6.03. The van der Waals surface area contributed by atoms with Crippen molar-refractivity contribution in [2.45, 2.75) is 66.0 Å². The van der Waals surface area contributed by atoms with Crippen molar-refractivity contribution in [1.82, 2.24) is 14.5 Å². The van der Waals surface area contributed by atoms with Gasteiger partial charge in [0.05, 0.1) is 17.9 Å². The van der Waals surface area contributed by atoms with Gasteiger partial charge in [0.15, 0.2) is 0 Å². The minimum Gasteiger partial charge on any atom is -0.327 e. The van der Waals surface area contributed by atoms with E-state index in [1.165, 1.54) is 35.5 Å². The molecule has 0 spiro atoms. The lowest BCUT2D eigenvalue weighted by molar-refractivity contribution is 0.197. The molecule has 156 valence electrons. The molecule has 3 rings (SSSR count). The molecule has 1 fully saturated rings. The van der Waals surface area contributed by atoms with E-state index < -0.39 is 0 Å². The van der Waals surface area contributed by atoms with Gasteiger partial charge in [0.1, 0.15) is 5.82 Å². The van der Waals surface area contributed by atoms with Crippen LogP contribution in [-0.2, 0) is 13.1 Å². The predicted molar refractivity (Wildman–Crippen MR) is 125 cm³/mol. The Balaban J connectivity index is 1.75. The second-order valence-corrected chi connectivity index (χ2v) is 8.95. The van der Waals surface area contributed by atoms with Gasteiger partial charge in [-0.25, -0.2) is 4.98 Å². The summed E-state index contributed by atoms with van der Waals surface area (Å²) in [4.78, 5) is 7.59. The Kier molecular flexibility index (Phi) is 7.37. The van der Waals surface area contributed by atoms with E-state index in [1.54, 1.807) is 0 Å². The fourth-order valence-corrected chi connectivity index (χ4v) is 4.41. The number of benzene rings is 1. The highest BCUT2D eigenvalue weighted by atomic mass is 35.5. The number of rotatable bonds is 7. The van der Waals surface area contributed by atoms with Crippen LogP contribution in [0.25, 0.3) is 11.6 Å². The number of piperidine rings is 1. The molecule has 1 aromatic carbocycles. The average molecular weight is 412 g/mol. The van der Waals surface area contributed by atoms with E-state index in [4.69, 9.17) is 16.6 Å². The number of likely N-dealkylation sites (tertiary alicyclic amines) is 1. The molecule has 1 aromatic heterocycles. The molecule has 0 saturated carbocycles. The predicted octanol–water partition coefficient (Wildman–Crippen LogP) is 6.78. The number of aromatic nitrogens is 2. The number of nitrogens with zero attached hydrogens (tertiary/aromatic N) is 3. The summed E-state index contributed by atoms with van der Waals surface area (Å²) in [6, 6.07) is 8.38. The minimum atomic E-state index is 0.631.